The Kier molecular flexibility index (Phi) is 1.83. The summed E-state index contributed by atoms with van der Waals surface area (Å²) in [6, 6.07) is 9.82. The standard InChI is InChI=1S/C11H12FN/c1-11(12)7-8-13(9-11)10-5-3-2-4-6-10/h2-8H,9H2,1H3. The van der Waals surface area contributed by atoms with Crippen LogP contribution in [0.2, 0.25) is 0 Å². The maximum atomic E-state index is 13.4. The molecule has 0 saturated heterocycles. The minimum atomic E-state index is -1.18. The van der Waals surface area contributed by atoms with E-state index >= 15 is 0 Å². The molecule has 0 bridgehead atoms. The number of halogens is 1. The lowest BCUT2D eigenvalue weighted by molar-refractivity contribution is 0.278. The molecule has 68 valence electrons. The number of hydrogen-bond donors (Lipinski definition) is 0. The third kappa shape index (κ3) is 1.72. The van der Waals surface area contributed by atoms with Gasteiger partial charge in [-0.15, -0.1) is 0 Å². The summed E-state index contributed by atoms with van der Waals surface area (Å²) < 4.78 is 13.4. The van der Waals surface area contributed by atoms with Gasteiger partial charge in [-0.2, -0.15) is 0 Å². The average Bonchev–Trinajstić information content (AvgIpc) is 2.48. The van der Waals surface area contributed by atoms with E-state index < -0.39 is 5.67 Å². The van der Waals surface area contributed by atoms with E-state index in [1.165, 1.54) is 0 Å². The van der Waals surface area contributed by atoms with E-state index in [0.29, 0.717) is 6.54 Å². The van der Waals surface area contributed by atoms with E-state index in [2.05, 4.69) is 0 Å². The zero-order chi connectivity index (χ0) is 9.31. The summed E-state index contributed by atoms with van der Waals surface area (Å²) in [5, 5.41) is 0. The van der Waals surface area contributed by atoms with Crippen molar-refractivity contribution in [2.75, 3.05) is 11.4 Å². The Balaban J connectivity index is 2.19. The molecule has 1 aliphatic rings. The van der Waals surface area contributed by atoms with Gasteiger partial charge in [-0.05, 0) is 25.1 Å². The number of hydrogen-bond acceptors (Lipinski definition) is 1. The molecular formula is C11H12FN. The van der Waals surface area contributed by atoms with E-state index in [1.54, 1.807) is 19.2 Å². The Bertz CT molecular complexity index is 316. The Morgan fingerprint density at radius 1 is 1.31 bits per heavy atom. The van der Waals surface area contributed by atoms with Crippen molar-refractivity contribution in [3.63, 3.8) is 0 Å². The van der Waals surface area contributed by atoms with Gasteiger partial charge in [0.15, 0.2) is 0 Å². The molecule has 0 aliphatic carbocycles. The van der Waals surface area contributed by atoms with Gasteiger partial charge in [0.05, 0.1) is 6.54 Å². The molecular weight excluding hydrogens is 165 g/mol. The van der Waals surface area contributed by atoms with Crippen molar-refractivity contribution in [1.29, 1.82) is 0 Å². The SMILES string of the molecule is CC1(F)C=CN(c2ccccc2)C1. The maximum absolute atomic E-state index is 13.4. The van der Waals surface area contributed by atoms with Crippen molar-refractivity contribution < 1.29 is 4.39 Å². The summed E-state index contributed by atoms with van der Waals surface area (Å²) in [6.45, 7) is 2.00. The minimum Gasteiger partial charge on any atom is -0.345 e. The Morgan fingerprint density at radius 2 is 2.00 bits per heavy atom. The Hall–Kier alpha value is -1.31. The molecule has 0 amide bonds. The van der Waals surface area contributed by atoms with Crippen molar-refractivity contribution in [3.05, 3.63) is 42.6 Å². The fourth-order valence-corrected chi connectivity index (χ4v) is 1.48. The predicted octanol–water partition coefficient (Wildman–Crippen LogP) is 2.75. The zero-order valence-corrected chi connectivity index (χ0v) is 7.57. The first-order valence-corrected chi connectivity index (χ1v) is 4.37. The Morgan fingerprint density at radius 3 is 2.54 bits per heavy atom. The fraction of sp³-hybridized carbons (Fsp3) is 0.273. The first-order valence-electron chi connectivity index (χ1n) is 4.37. The first kappa shape index (κ1) is 8.30. The van der Waals surface area contributed by atoms with Gasteiger partial charge in [0, 0.05) is 11.9 Å². The highest BCUT2D eigenvalue weighted by Gasteiger charge is 2.27. The first-order chi connectivity index (χ1) is 6.17. The molecule has 0 saturated carbocycles. The molecule has 1 aromatic carbocycles. The van der Waals surface area contributed by atoms with Crippen LogP contribution in [0.5, 0.6) is 0 Å². The van der Waals surface area contributed by atoms with E-state index in [0.717, 1.165) is 5.69 Å². The van der Waals surface area contributed by atoms with Gasteiger partial charge < -0.3 is 4.90 Å². The van der Waals surface area contributed by atoms with Gasteiger partial charge in [-0.25, -0.2) is 4.39 Å². The number of anilines is 1. The molecule has 0 aromatic heterocycles. The molecule has 1 nitrogen and oxygen atoms in total. The van der Waals surface area contributed by atoms with E-state index in [1.807, 2.05) is 35.2 Å². The van der Waals surface area contributed by atoms with Crippen LogP contribution in [0.4, 0.5) is 10.1 Å². The molecule has 0 spiro atoms. The lowest BCUT2D eigenvalue weighted by atomic mass is 10.1. The van der Waals surface area contributed by atoms with Gasteiger partial charge in [0.1, 0.15) is 5.67 Å². The third-order valence-electron chi connectivity index (χ3n) is 2.17. The molecule has 0 N–H and O–H groups in total. The van der Waals surface area contributed by atoms with Gasteiger partial charge in [0.25, 0.3) is 0 Å². The summed E-state index contributed by atoms with van der Waals surface area (Å²) >= 11 is 0. The summed E-state index contributed by atoms with van der Waals surface area (Å²) in [6.07, 6.45) is 3.40. The van der Waals surface area contributed by atoms with Crippen LogP contribution >= 0.6 is 0 Å². The molecule has 0 radical (unpaired) electrons. The monoisotopic (exact) mass is 177 g/mol. The molecule has 2 rings (SSSR count). The number of benzene rings is 1. The highest BCUT2D eigenvalue weighted by atomic mass is 19.1. The van der Waals surface area contributed by atoms with Crippen LogP contribution in [0, 0.1) is 0 Å². The topological polar surface area (TPSA) is 3.24 Å². The number of rotatable bonds is 1. The van der Waals surface area contributed by atoms with Crippen molar-refractivity contribution in [2.24, 2.45) is 0 Å². The van der Waals surface area contributed by atoms with E-state index in [4.69, 9.17) is 0 Å². The smallest absolute Gasteiger partial charge is 0.145 e. The van der Waals surface area contributed by atoms with Crippen LogP contribution in [-0.4, -0.2) is 12.2 Å². The molecule has 1 aromatic rings. The molecule has 1 heterocycles. The molecule has 1 atom stereocenters. The molecule has 2 heteroatoms. The summed E-state index contributed by atoms with van der Waals surface area (Å²) in [7, 11) is 0. The van der Waals surface area contributed by atoms with E-state index in [-0.39, 0.29) is 0 Å². The lowest BCUT2D eigenvalue weighted by Gasteiger charge is -2.19. The second-order valence-electron chi connectivity index (χ2n) is 3.56. The van der Waals surface area contributed by atoms with Gasteiger partial charge >= 0.3 is 0 Å². The molecule has 1 aliphatic heterocycles. The number of nitrogens with zero attached hydrogens (tertiary/aromatic N) is 1. The highest BCUT2D eigenvalue weighted by molar-refractivity contribution is 5.51. The van der Waals surface area contributed by atoms with Crippen LogP contribution in [0.3, 0.4) is 0 Å². The number of para-hydroxylation sites is 1. The quantitative estimate of drug-likeness (QED) is 0.637. The normalized spacial score (nSPS) is 26.8. The summed E-state index contributed by atoms with van der Waals surface area (Å²) in [4.78, 5) is 1.92. The van der Waals surface area contributed by atoms with Gasteiger partial charge in [0.2, 0.25) is 0 Å². The van der Waals surface area contributed by atoms with Gasteiger partial charge in [-0.3, -0.25) is 0 Å². The summed E-state index contributed by atoms with van der Waals surface area (Å²) in [5.41, 5.74) is -0.143. The predicted molar refractivity (Wildman–Crippen MR) is 52.4 cm³/mol. The molecule has 13 heavy (non-hydrogen) atoms. The highest BCUT2D eigenvalue weighted by Crippen LogP contribution is 2.26. The number of alkyl halides is 1. The van der Waals surface area contributed by atoms with Crippen molar-refractivity contribution >= 4 is 5.69 Å². The van der Waals surface area contributed by atoms with Crippen LogP contribution in [0.15, 0.2) is 42.6 Å². The van der Waals surface area contributed by atoms with Crippen LogP contribution in [0.25, 0.3) is 0 Å². The fourth-order valence-electron chi connectivity index (χ4n) is 1.48. The largest absolute Gasteiger partial charge is 0.345 e. The lowest BCUT2D eigenvalue weighted by Crippen LogP contribution is -2.26. The minimum absolute atomic E-state index is 0.414. The van der Waals surface area contributed by atoms with Crippen molar-refractivity contribution in [1.82, 2.24) is 0 Å². The van der Waals surface area contributed by atoms with Crippen molar-refractivity contribution in [2.45, 2.75) is 12.6 Å². The van der Waals surface area contributed by atoms with Crippen molar-refractivity contribution in [3.8, 4) is 0 Å². The molecule has 0 fully saturated rings. The van der Waals surface area contributed by atoms with Crippen LogP contribution in [-0.2, 0) is 0 Å². The second kappa shape index (κ2) is 2.87. The van der Waals surface area contributed by atoms with E-state index in [9.17, 15) is 4.39 Å². The molecule has 1 unspecified atom stereocenters. The summed E-state index contributed by atoms with van der Waals surface area (Å²) in [5.74, 6) is 0. The van der Waals surface area contributed by atoms with Crippen LogP contribution < -0.4 is 4.90 Å². The average molecular weight is 177 g/mol. The van der Waals surface area contributed by atoms with Gasteiger partial charge in [-0.1, -0.05) is 18.2 Å². The van der Waals surface area contributed by atoms with Crippen LogP contribution in [0.1, 0.15) is 6.92 Å². The Labute approximate surface area is 77.5 Å². The second-order valence-corrected chi connectivity index (χ2v) is 3.56. The maximum Gasteiger partial charge on any atom is 0.145 e. The zero-order valence-electron chi connectivity index (χ0n) is 7.57. The third-order valence-corrected chi connectivity index (χ3v) is 2.17.